The first-order chi connectivity index (χ1) is 12.1. The lowest BCUT2D eigenvalue weighted by molar-refractivity contribution is -0.384. The Morgan fingerprint density at radius 2 is 1.88 bits per heavy atom. The smallest absolute Gasteiger partial charge is 0.258 e. The van der Waals surface area contributed by atoms with E-state index < -0.39 is 4.92 Å². The van der Waals surface area contributed by atoms with Crippen LogP contribution < -0.4 is 0 Å². The molecule has 0 unspecified atom stereocenters. The fourth-order valence-corrected chi connectivity index (χ4v) is 2.98. The summed E-state index contributed by atoms with van der Waals surface area (Å²) in [7, 11) is 0. The Balaban J connectivity index is 1.73. The maximum Gasteiger partial charge on any atom is 0.269 e. The van der Waals surface area contributed by atoms with Gasteiger partial charge >= 0.3 is 0 Å². The van der Waals surface area contributed by atoms with Gasteiger partial charge in [-0.05, 0) is 30.2 Å². The number of nitrogens with zero attached hydrogens (tertiary/aromatic N) is 5. The summed E-state index contributed by atoms with van der Waals surface area (Å²) in [6.45, 7) is 1.83. The van der Waals surface area contributed by atoms with Gasteiger partial charge in [-0.3, -0.25) is 10.1 Å². The summed E-state index contributed by atoms with van der Waals surface area (Å²) in [4.78, 5) is 10.3. The Labute approximate surface area is 148 Å². The van der Waals surface area contributed by atoms with Gasteiger partial charge in [0.25, 0.3) is 5.69 Å². The molecule has 2 aromatic carbocycles. The SMILES string of the molecule is Cc1nnc(SCc2ccccc2)n1/N=C\c1ccc([N+](=O)[O-])cc1. The van der Waals surface area contributed by atoms with Crippen molar-refractivity contribution in [3.8, 4) is 0 Å². The van der Waals surface area contributed by atoms with Crippen LogP contribution in [0.25, 0.3) is 0 Å². The highest BCUT2D eigenvalue weighted by Crippen LogP contribution is 2.21. The normalized spacial score (nSPS) is 11.1. The van der Waals surface area contributed by atoms with Crippen molar-refractivity contribution in [2.24, 2.45) is 5.10 Å². The lowest BCUT2D eigenvalue weighted by atomic mass is 10.2. The van der Waals surface area contributed by atoms with E-state index in [-0.39, 0.29) is 5.69 Å². The molecule has 1 heterocycles. The van der Waals surface area contributed by atoms with E-state index in [4.69, 9.17) is 0 Å². The molecule has 0 N–H and O–H groups in total. The van der Waals surface area contributed by atoms with Crippen molar-refractivity contribution >= 4 is 23.7 Å². The Morgan fingerprint density at radius 3 is 2.56 bits per heavy atom. The minimum Gasteiger partial charge on any atom is -0.258 e. The predicted octanol–water partition coefficient (Wildman–Crippen LogP) is 3.67. The minimum atomic E-state index is -0.427. The van der Waals surface area contributed by atoms with Crippen LogP contribution in [0, 0.1) is 17.0 Å². The number of nitro benzene ring substituents is 1. The van der Waals surface area contributed by atoms with Crippen LogP contribution >= 0.6 is 11.8 Å². The van der Waals surface area contributed by atoms with Gasteiger partial charge < -0.3 is 0 Å². The van der Waals surface area contributed by atoms with Gasteiger partial charge in [0.1, 0.15) is 0 Å². The first-order valence-corrected chi connectivity index (χ1v) is 8.49. The summed E-state index contributed by atoms with van der Waals surface area (Å²) in [6.07, 6.45) is 1.63. The quantitative estimate of drug-likeness (QED) is 0.292. The average Bonchev–Trinajstić information content (AvgIpc) is 2.99. The zero-order valence-corrected chi connectivity index (χ0v) is 14.3. The molecule has 25 heavy (non-hydrogen) atoms. The number of rotatable bonds is 6. The molecule has 8 heteroatoms. The van der Waals surface area contributed by atoms with Crippen molar-refractivity contribution in [3.63, 3.8) is 0 Å². The highest BCUT2D eigenvalue weighted by molar-refractivity contribution is 7.98. The van der Waals surface area contributed by atoms with E-state index in [1.54, 1.807) is 34.8 Å². The fourth-order valence-electron chi connectivity index (χ4n) is 2.09. The van der Waals surface area contributed by atoms with Crippen LogP contribution in [0.2, 0.25) is 0 Å². The molecule has 0 fully saturated rings. The molecular formula is C17H15N5O2S. The number of hydrogen-bond donors (Lipinski definition) is 0. The first kappa shape index (κ1) is 16.8. The molecule has 3 rings (SSSR count). The molecule has 7 nitrogen and oxygen atoms in total. The van der Waals surface area contributed by atoms with E-state index >= 15 is 0 Å². The summed E-state index contributed by atoms with van der Waals surface area (Å²) in [5.41, 5.74) is 2.01. The number of non-ortho nitro benzene ring substituents is 1. The number of nitro groups is 1. The van der Waals surface area contributed by atoms with Gasteiger partial charge in [-0.2, -0.15) is 9.78 Å². The second-order valence-corrected chi connectivity index (χ2v) is 6.15. The summed E-state index contributed by atoms with van der Waals surface area (Å²) < 4.78 is 1.66. The van der Waals surface area contributed by atoms with Gasteiger partial charge in [-0.25, -0.2) is 0 Å². The monoisotopic (exact) mass is 353 g/mol. The zero-order chi connectivity index (χ0) is 17.6. The zero-order valence-electron chi connectivity index (χ0n) is 13.4. The van der Waals surface area contributed by atoms with E-state index in [1.165, 1.54) is 17.7 Å². The number of aromatic nitrogens is 3. The summed E-state index contributed by atoms with van der Waals surface area (Å²) in [6, 6.07) is 16.3. The lowest BCUT2D eigenvalue weighted by Gasteiger charge is -2.02. The summed E-state index contributed by atoms with van der Waals surface area (Å²) in [5.74, 6) is 1.44. The van der Waals surface area contributed by atoms with E-state index in [0.29, 0.717) is 11.0 Å². The van der Waals surface area contributed by atoms with Crippen LogP contribution in [0.1, 0.15) is 17.0 Å². The van der Waals surface area contributed by atoms with Crippen molar-refractivity contribution in [2.75, 3.05) is 0 Å². The Kier molecular flexibility index (Phi) is 5.20. The molecule has 0 atom stereocenters. The summed E-state index contributed by atoms with van der Waals surface area (Å²) in [5, 5.41) is 24.0. The average molecular weight is 353 g/mol. The van der Waals surface area contributed by atoms with Gasteiger partial charge in [0.2, 0.25) is 5.16 Å². The Morgan fingerprint density at radius 1 is 1.16 bits per heavy atom. The standard InChI is InChI=1S/C17H15N5O2S/c1-13-19-20-17(25-12-15-5-3-2-4-6-15)21(13)18-11-14-7-9-16(10-8-14)22(23)24/h2-11H,12H2,1H3/b18-11-. The van der Waals surface area contributed by atoms with Crippen LogP contribution in [-0.4, -0.2) is 26.0 Å². The molecule has 0 spiro atoms. The number of aryl methyl sites for hydroxylation is 1. The third-order valence-electron chi connectivity index (χ3n) is 3.40. The molecule has 0 aliphatic heterocycles. The predicted molar refractivity (Wildman–Crippen MR) is 96.9 cm³/mol. The highest BCUT2D eigenvalue weighted by atomic mass is 32.2. The molecule has 0 aliphatic rings. The lowest BCUT2D eigenvalue weighted by Crippen LogP contribution is -1.96. The molecular weight excluding hydrogens is 338 g/mol. The van der Waals surface area contributed by atoms with E-state index in [9.17, 15) is 10.1 Å². The number of hydrogen-bond acceptors (Lipinski definition) is 6. The second kappa shape index (κ2) is 7.71. The first-order valence-electron chi connectivity index (χ1n) is 7.51. The fraction of sp³-hybridized carbons (Fsp3) is 0.118. The van der Waals surface area contributed by atoms with Gasteiger partial charge in [-0.15, -0.1) is 10.2 Å². The minimum absolute atomic E-state index is 0.0525. The largest absolute Gasteiger partial charge is 0.269 e. The highest BCUT2D eigenvalue weighted by Gasteiger charge is 2.09. The second-order valence-electron chi connectivity index (χ2n) is 5.21. The van der Waals surface area contributed by atoms with Crippen LogP contribution in [0.15, 0.2) is 64.9 Å². The van der Waals surface area contributed by atoms with Gasteiger partial charge in [0, 0.05) is 17.9 Å². The van der Waals surface area contributed by atoms with E-state index in [2.05, 4.69) is 27.4 Å². The van der Waals surface area contributed by atoms with E-state index in [1.807, 2.05) is 25.1 Å². The number of benzene rings is 2. The molecule has 0 amide bonds. The molecule has 0 aliphatic carbocycles. The van der Waals surface area contributed by atoms with Gasteiger partial charge in [0.05, 0.1) is 11.1 Å². The Bertz CT molecular complexity index is 891. The maximum absolute atomic E-state index is 10.7. The maximum atomic E-state index is 10.7. The van der Waals surface area contributed by atoms with Crippen molar-refractivity contribution in [1.82, 2.24) is 14.9 Å². The third kappa shape index (κ3) is 4.30. The van der Waals surface area contributed by atoms with Crippen LogP contribution in [-0.2, 0) is 5.75 Å². The van der Waals surface area contributed by atoms with E-state index in [0.717, 1.165) is 11.3 Å². The van der Waals surface area contributed by atoms with Crippen LogP contribution in [0.5, 0.6) is 0 Å². The van der Waals surface area contributed by atoms with Crippen molar-refractivity contribution < 1.29 is 4.92 Å². The van der Waals surface area contributed by atoms with Crippen molar-refractivity contribution in [2.45, 2.75) is 17.8 Å². The topological polar surface area (TPSA) is 86.2 Å². The molecule has 0 radical (unpaired) electrons. The van der Waals surface area contributed by atoms with Crippen molar-refractivity contribution in [1.29, 1.82) is 0 Å². The van der Waals surface area contributed by atoms with Gasteiger partial charge in [-0.1, -0.05) is 42.1 Å². The van der Waals surface area contributed by atoms with Crippen LogP contribution in [0.4, 0.5) is 5.69 Å². The molecule has 0 saturated heterocycles. The molecule has 0 bridgehead atoms. The third-order valence-corrected chi connectivity index (χ3v) is 4.40. The van der Waals surface area contributed by atoms with Gasteiger partial charge in [0.15, 0.2) is 5.82 Å². The summed E-state index contributed by atoms with van der Waals surface area (Å²) >= 11 is 1.55. The molecule has 0 saturated carbocycles. The molecule has 3 aromatic rings. The van der Waals surface area contributed by atoms with Crippen LogP contribution in [0.3, 0.4) is 0 Å². The molecule has 1 aromatic heterocycles. The number of thioether (sulfide) groups is 1. The molecule has 126 valence electrons. The Hall–Kier alpha value is -3.00. The van der Waals surface area contributed by atoms with Crippen molar-refractivity contribution in [3.05, 3.63) is 81.7 Å².